The van der Waals surface area contributed by atoms with Gasteiger partial charge in [0.1, 0.15) is 5.82 Å². The number of hydrogen-bond donors (Lipinski definition) is 0. The number of rotatable bonds is 3. The molecule has 0 N–H and O–H groups in total. The fourth-order valence-electron chi connectivity index (χ4n) is 1.00. The fourth-order valence-corrected chi connectivity index (χ4v) is 1.49. The standard InChI is InChI=1S/C11H10BrFO2/c1-15-11(14)4-2-3-8-5-6-9(13)7-10(8)12/h2-3,5-7H,4H2,1H3. The average Bonchev–Trinajstić information content (AvgIpc) is 2.21. The van der Waals surface area contributed by atoms with Crippen molar-refractivity contribution in [1.29, 1.82) is 0 Å². The van der Waals surface area contributed by atoms with Gasteiger partial charge in [0.2, 0.25) is 0 Å². The van der Waals surface area contributed by atoms with Gasteiger partial charge in [-0.3, -0.25) is 4.79 Å². The molecule has 1 aromatic rings. The van der Waals surface area contributed by atoms with Gasteiger partial charge in [0.25, 0.3) is 0 Å². The van der Waals surface area contributed by atoms with Gasteiger partial charge >= 0.3 is 5.97 Å². The lowest BCUT2D eigenvalue weighted by Gasteiger charge is -1.98. The number of halogens is 2. The van der Waals surface area contributed by atoms with Crippen molar-refractivity contribution in [3.63, 3.8) is 0 Å². The first-order valence-electron chi connectivity index (χ1n) is 4.32. The molecule has 0 aliphatic carbocycles. The second kappa shape index (κ2) is 5.66. The van der Waals surface area contributed by atoms with Crippen LogP contribution in [0.2, 0.25) is 0 Å². The molecule has 2 nitrogen and oxygen atoms in total. The first-order chi connectivity index (χ1) is 7.13. The van der Waals surface area contributed by atoms with Crippen LogP contribution in [0.1, 0.15) is 12.0 Å². The normalized spacial score (nSPS) is 10.6. The van der Waals surface area contributed by atoms with Crippen LogP contribution in [0, 0.1) is 5.82 Å². The van der Waals surface area contributed by atoms with Gasteiger partial charge in [-0.05, 0) is 17.7 Å². The Hall–Kier alpha value is -1.16. The van der Waals surface area contributed by atoms with E-state index < -0.39 is 0 Å². The Kier molecular flexibility index (Phi) is 4.49. The Morgan fingerprint density at radius 1 is 1.60 bits per heavy atom. The molecule has 1 rings (SSSR count). The van der Waals surface area contributed by atoms with Crippen LogP contribution in [-0.2, 0) is 9.53 Å². The number of ether oxygens (including phenoxy) is 1. The number of methoxy groups -OCH3 is 1. The first kappa shape index (κ1) is 11.9. The highest BCUT2D eigenvalue weighted by molar-refractivity contribution is 9.10. The molecular weight excluding hydrogens is 263 g/mol. The van der Waals surface area contributed by atoms with Crippen molar-refractivity contribution in [3.8, 4) is 0 Å². The zero-order chi connectivity index (χ0) is 11.3. The van der Waals surface area contributed by atoms with Crippen molar-refractivity contribution in [1.82, 2.24) is 0 Å². The first-order valence-corrected chi connectivity index (χ1v) is 5.11. The molecule has 0 spiro atoms. The summed E-state index contributed by atoms with van der Waals surface area (Å²) in [5.41, 5.74) is 0.820. The topological polar surface area (TPSA) is 26.3 Å². The van der Waals surface area contributed by atoms with E-state index in [1.54, 1.807) is 18.2 Å². The smallest absolute Gasteiger partial charge is 0.309 e. The Morgan fingerprint density at radius 3 is 2.93 bits per heavy atom. The van der Waals surface area contributed by atoms with Crippen LogP contribution in [0.5, 0.6) is 0 Å². The van der Waals surface area contributed by atoms with Crippen molar-refractivity contribution < 1.29 is 13.9 Å². The van der Waals surface area contributed by atoms with Gasteiger partial charge in [0.05, 0.1) is 13.5 Å². The third-order valence-electron chi connectivity index (χ3n) is 1.77. The summed E-state index contributed by atoms with van der Waals surface area (Å²) in [6.45, 7) is 0. The predicted molar refractivity (Wildman–Crippen MR) is 59.8 cm³/mol. The van der Waals surface area contributed by atoms with Gasteiger partial charge < -0.3 is 4.74 Å². The lowest BCUT2D eigenvalue weighted by Crippen LogP contribution is -1.96. The quantitative estimate of drug-likeness (QED) is 0.791. The second-order valence-corrected chi connectivity index (χ2v) is 3.70. The van der Waals surface area contributed by atoms with Gasteiger partial charge in [0, 0.05) is 4.47 Å². The lowest BCUT2D eigenvalue weighted by molar-refractivity contribution is -0.139. The number of esters is 1. The van der Waals surface area contributed by atoms with Crippen LogP contribution in [-0.4, -0.2) is 13.1 Å². The fraction of sp³-hybridized carbons (Fsp3) is 0.182. The zero-order valence-electron chi connectivity index (χ0n) is 8.17. The van der Waals surface area contributed by atoms with E-state index in [0.29, 0.717) is 4.47 Å². The van der Waals surface area contributed by atoms with E-state index in [9.17, 15) is 9.18 Å². The monoisotopic (exact) mass is 272 g/mol. The number of carbonyl (C=O) groups excluding carboxylic acids is 1. The van der Waals surface area contributed by atoms with Gasteiger partial charge in [0.15, 0.2) is 0 Å². The van der Waals surface area contributed by atoms with E-state index in [1.807, 2.05) is 0 Å². The molecule has 0 saturated carbocycles. The molecule has 0 atom stereocenters. The minimum absolute atomic E-state index is 0.209. The molecule has 0 saturated heterocycles. The van der Waals surface area contributed by atoms with Crippen molar-refractivity contribution in [2.24, 2.45) is 0 Å². The highest BCUT2D eigenvalue weighted by Crippen LogP contribution is 2.19. The molecule has 0 bridgehead atoms. The Morgan fingerprint density at radius 2 is 2.33 bits per heavy atom. The highest BCUT2D eigenvalue weighted by atomic mass is 79.9. The third kappa shape index (κ3) is 3.83. The number of carbonyl (C=O) groups is 1. The molecule has 1 aromatic carbocycles. The molecule has 0 amide bonds. The summed E-state index contributed by atoms with van der Waals surface area (Å²) in [5, 5.41) is 0. The maximum Gasteiger partial charge on any atom is 0.309 e. The molecule has 15 heavy (non-hydrogen) atoms. The van der Waals surface area contributed by atoms with E-state index in [1.165, 1.54) is 19.2 Å². The van der Waals surface area contributed by atoms with Gasteiger partial charge in [-0.2, -0.15) is 0 Å². The minimum atomic E-state index is -0.301. The molecule has 0 aliphatic heterocycles. The summed E-state index contributed by atoms with van der Waals surface area (Å²) in [6, 6.07) is 4.37. The Balaban J connectivity index is 2.68. The summed E-state index contributed by atoms with van der Waals surface area (Å²) in [6.07, 6.45) is 3.62. The van der Waals surface area contributed by atoms with E-state index in [2.05, 4.69) is 20.7 Å². The van der Waals surface area contributed by atoms with E-state index >= 15 is 0 Å². The zero-order valence-corrected chi connectivity index (χ0v) is 9.75. The van der Waals surface area contributed by atoms with Crippen LogP contribution in [0.4, 0.5) is 4.39 Å². The molecule has 0 unspecified atom stereocenters. The maximum absolute atomic E-state index is 12.7. The van der Waals surface area contributed by atoms with E-state index in [0.717, 1.165) is 5.56 Å². The second-order valence-electron chi connectivity index (χ2n) is 2.85. The van der Waals surface area contributed by atoms with Crippen molar-refractivity contribution >= 4 is 28.0 Å². The molecule has 0 radical (unpaired) electrons. The average molecular weight is 273 g/mol. The number of hydrogen-bond acceptors (Lipinski definition) is 2. The lowest BCUT2D eigenvalue weighted by atomic mass is 10.2. The molecule has 0 heterocycles. The van der Waals surface area contributed by atoms with Crippen LogP contribution >= 0.6 is 15.9 Å². The summed E-state index contributed by atoms with van der Waals surface area (Å²) in [4.78, 5) is 10.8. The Labute approximate surface area is 95.9 Å². The largest absolute Gasteiger partial charge is 0.469 e. The summed E-state index contributed by atoms with van der Waals surface area (Å²) in [5.74, 6) is -0.600. The van der Waals surface area contributed by atoms with Crippen molar-refractivity contribution in [2.75, 3.05) is 7.11 Å². The molecular formula is C11H10BrFO2. The SMILES string of the molecule is COC(=O)CC=Cc1ccc(F)cc1Br. The summed E-state index contributed by atoms with van der Waals surface area (Å²) >= 11 is 3.22. The van der Waals surface area contributed by atoms with Gasteiger partial charge in [-0.1, -0.05) is 34.1 Å². The van der Waals surface area contributed by atoms with Crippen LogP contribution in [0.3, 0.4) is 0 Å². The minimum Gasteiger partial charge on any atom is -0.469 e. The van der Waals surface area contributed by atoms with Crippen molar-refractivity contribution in [2.45, 2.75) is 6.42 Å². The molecule has 0 fully saturated rings. The van der Waals surface area contributed by atoms with Crippen LogP contribution in [0.25, 0.3) is 6.08 Å². The molecule has 80 valence electrons. The highest BCUT2D eigenvalue weighted by Gasteiger charge is 1.98. The van der Waals surface area contributed by atoms with Gasteiger partial charge in [-0.15, -0.1) is 0 Å². The predicted octanol–water partition coefficient (Wildman–Crippen LogP) is 3.16. The van der Waals surface area contributed by atoms with Crippen molar-refractivity contribution in [3.05, 3.63) is 40.1 Å². The molecule has 0 aliphatic rings. The van der Waals surface area contributed by atoms with Crippen LogP contribution < -0.4 is 0 Å². The van der Waals surface area contributed by atoms with E-state index in [-0.39, 0.29) is 18.2 Å². The van der Waals surface area contributed by atoms with Gasteiger partial charge in [-0.25, -0.2) is 4.39 Å². The number of benzene rings is 1. The summed E-state index contributed by atoms with van der Waals surface area (Å²) < 4.78 is 17.9. The maximum atomic E-state index is 12.7. The molecule has 0 aromatic heterocycles. The Bertz CT molecular complexity index is 388. The third-order valence-corrected chi connectivity index (χ3v) is 2.46. The summed E-state index contributed by atoms with van der Waals surface area (Å²) in [7, 11) is 1.34. The van der Waals surface area contributed by atoms with E-state index in [4.69, 9.17) is 0 Å². The van der Waals surface area contributed by atoms with Crippen LogP contribution in [0.15, 0.2) is 28.7 Å². The molecule has 4 heteroatoms.